The van der Waals surface area contributed by atoms with Crippen molar-refractivity contribution in [1.29, 1.82) is 0 Å². The van der Waals surface area contributed by atoms with Crippen LogP contribution in [0.15, 0.2) is 12.1 Å². The van der Waals surface area contributed by atoms with Crippen molar-refractivity contribution in [2.24, 2.45) is 5.73 Å². The van der Waals surface area contributed by atoms with E-state index in [0.29, 0.717) is 29.1 Å². The van der Waals surface area contributed by atoms with Gasteiger partial charge in [-0.25, -0.2) is 8.78 Å². The van der Waals surface area contributed by atoms with Crippen LogP contribution in [-0.2, 0) is 6.54 Å². The molecule has 0 amide bonds. The predicted molar refractivity (Wildman–Crippen MR) is 80.8 cm³/mol. The first-order chi connectivity index (χ1) is 9.97. The summed E-state index contributed by atoms with van der Waals surface area (Å²) in [6.45, 7) is 0.805. The molecule has 0 spiro atoms. The van der Waals surface area contributed by atoms with Crippen LogP contribution in [0.3, 0.4) is 0 Å². The molecule has 0 atom stereocenters. The molecular weight excluding hydrogens is 343 g/mol. The topological polar surface area (TPSA) is 34.2 Å². The van der Waals surface area contributed by atoms with Crippen LogP contribution < -0.4 is 10.6 Å². The van der Waals surface area contributed by atoms with Crippen LogP contribution in [-0.4, -0.2) is 17.7 Å². The zero-order chi connectivity index (χ0) is 15.3. The summed E-state index contributed by atoms with van der Waals surface area (Å²) >= 11 is 17.9. The summed E-state index contributed by atoms with van der Waals surface area (Å²) in [5.74, 6) is -1.24. The SMILES string of the molecule is NCCN(Cc1c(F)ccc(F)c1Cl)c1c2c(Cl)n-2c1Cl. The van der Waals surface area contributed by atoms with E-state index in [0.717, 1.165) is 17.8 Å². The van der Waals surface area contributed by atoms with Crippen molar-refractivity contribution in [1.82, 2.24) is 4.57 Å². The lowest BCUT2D eigenvalue weighted by Gasteiger charge is -2.28. The van der Waals surface area contributed by atoms with Gasteiger partial charge in [-0.2, -0.15) is 0 Å². The van der Waals surface area contributed by atoms with Gasteiger partial charge in [0.25, 0.3) is 0 Å². The van der Waals surface area contributed by atoms with Crippen LogP contribution in [0.5, 0.6) is 0 Å². The molecule has 112 valence electrons. The molecule has 0 bridgehead atoms. The molecule has 0 aromatic heterocycles. The largest absolute Gasteiger partial charge is 0.362 e. The summed E-state index contributed by atoms with van der Waals surface area (Å²) in [4.78, 5) is 1.74. The van der Waals surface area contributed by atoms with Gasteiger partial charge in [0.2, 0.25) is 0 Å². The molecule has 0 unspecified atom stereocenters. The number of fused-ring (bicyclic) bond motifs is 1. The third kappa shape index (κ3) is 2.28. The van der Waals surface area contributed by atoms with Crippen LogP contribution in [0.2, 0.25) is 15.3 Å². The highest BCUT2D eigenvalue weighted by atomic mass is 35.5. The first-order valence-corrected chi connectivity index (χ1v) is 7.28. The highest BCUT2D eigenvalue weighted by Gasteiger charge is 2.39. The van der Waals surface area contributed by atoms with Crippen LogP contribution in [0.4, 0.5) is 14.5 Å². The molecule has 0 fully saturated rings. The van der Waals surface area contributed by atoms with Gasteiger partial charge in [0.05, 0.1) is 5.02 Å². The highest BCUT2D eigenvalue weighted by molar-refractivity contribution is 6.42. The second-order valence-corrected chi connectivity index (χ2v) is 5.74. The van der Waals surface area contributed by atoms with E-state index in [4.69, 9.17) is 40.5 Å². The molecule has 2 aliphatic rings. The number of anilines is 1. The van der Waals surface area contributed by atoms with E-state index < -0.39 is 11.6 Å². The Kier molecular flexibility index (Phi) is 3.78. The summed E-state index contributed by atoms with van der Waals surface area (Å²) in [5, 5.41) is 0.764. The maximum absolute atomic E-state index is 13.9. The van der Waals surface area contributed by atoms with Crippen LogP contribution in [0.1, 0.15) is 5.56 Å². The average molecular weight is 353 g/mol. The number of halogens is 5. The first-order valence-electron chi connectivity index (χ1n) is 6.14. The number of rotatable bonds is 5. The van der Waals surface area contributed by atoms with E-state index in [1.807, 2.05) is 0 Å². The van der Waals surface area contributed by atoms with Crippen LogP contribution in [0, 0.1) is 11.6 Å². The number of nitrogens with zero attached hydrogens (tertiary/aromatic N) is 2. The molecule has 8 heteroatoms. The smallest absolute Gasteiger partial charge is 0.142 e. The second kappa shape index (κ2) is 5.32. The molecule has 0 saturated carbocycles. The Morgan fingerprint density at radius 3 is 2.33 bits per heavy atom. The maximum Gasteiger partial charge on any atom is 0.142 e. The monoisotopic (exact) mass is 351 g/mol. The second-order valence-electron chi connectivity index (χ2n) is 4.65. The average Bonchev–Trinajstić information content (AvgIpc) is 3.04. The normalized spacial score (nSPS) is 11.9. The number of hydrogen-bond acceptors (Lipinski definition) is 2. The van der Waals surface area contributed by atoms with Gasteiger partial charge >= 0.3 is 0 Å². The van der Waals surface area contributed by atoms with E-state index in [1.54, 1.807) is 9.47 Å². The maximum atomic E-state index is 13.9. The lowest BCUT2D eigenvalue weighted by Crippen LogP contribution is -2.31. The Morgan fingerprint density at radius 1 is 1.10 bits per heavy atom. The molecule has 1 aromatic rings. The van der Waals surface area contributed by atoms with E-state index in [-0.39, 0.29) is 17.1 Å². The highest BCUT2D eigenvalue weighted by Crippen LogP contribution is 2.55. The van der Waals surface area contributed by atoms with E-state index in [9.17, 15) is 8.78 Å². The van der Waals surface area contributed by atoms with Crippen molar-refractivity contribution in [3.05, 3.63) is 44.7 Å². The standard InChI is InChI=1S/C13H10Cl3F2N3/c14-9-6(7(17)1-2-8(9)18)5-20(4-3-19)10-11-13(16)21(11)12(10)15/h1-2H,3-5,19H2. The lowest BCUT2D eigenvalue weighted by molar-refractivity contribution is 0.581. The Balaban J connectivity index is 1.94. The summed E-state index contributed by atoms with van der Waals surface area (Å²) in [6.07, 6.45) is 0. The van der Waals surface area contributed by atoms with Gasteiger partial charge in [-0.1, -0.05) is 34.8 Å². The van der Waals surface area contributed by atoms with Crippen molar-refractivity contribution in [2.45, 2.75) is 6.54 Å². The zero-order valence-corrected chi connectivity index (χ0v) is 12.9. The number of aromatic nitrogens is 1. The van der Waals surface area contributed by atoms with Gasteiger partial charge < -0.3 is 10.6 Å². The van der Waals surface area contributed by atoms with Gasteiger partial charge in [-0.3, -0.25) is 4.57 Å². The zero-order valence-electron chi connectivity index (χ0n) is 10.6. The molecule has 0 radical (unpaired) electrons. The third-order valence-electron chi connectivity index (χ3n) is 3.38. The fraction of sp³-hybridized carbons (Fsp3) is 0.231. The molecule has 3 rings (SSSR count). The summed E-state index contributed by atoms with van der Waals surface area (Å²) in [7, 11) is 0. The van der Waals surface area contributed by atoms with E-state index in [2.05, 4.69) is 0 Å². The van der Waals surface area contributed by atoms with Gasteiger partial charge in [0.15, 0.2) is 0 Å². The third-order valence-corrected chi connectivity index (χ3v) is 4.49. The minimum absolute atomic E-state index is 0.0622. The number of hydrogen-bond donors (Lipinski definition) is 1. The van der Waals surface area contributed by atoms with Gasteiger partial charge in [0.1, 0.15) is 33.3 Å². The van der Waals surface area contributed by atoms with Gasteiger partial charge in [-0.05, 0) is 12.1 Å². The minimum Gasteiger partial charge on any atom is -0.362 e. The van der Waals surface area contributed by atoms with Crippen molar-refractivity contribution < 1.29 is 8.78 Å². The molecule has 2 aliphatic heterocycles. The minimum atomic E-state index is -0.667. The van der Waals surface area contributed by atoms with Crippen molar-refractivity contribution in [2.75, 3.05) is 18.0 Å². The summed E-state index contributed by atoms with van der Waals surface area (Å²) in [5.41, 5.74) is 7.12. The van der Waals surface area contributed by atoms with Crippen molar-refractivity contribution in [3.8, 4) is 5.69 Å². The first kappa shape index (κ1) is 14.9. The quantitative estimate of drug-likeness (QED) is 0.704. The molecule has 21 heavy (non-hydrogen) atoms. The fourth-order valence-electron chi connectivity index (χ4n) is 2.29. The van der Waals surface area contributed by atoms with E-state index >= 15 is 0 Å². The van der Waals surface area contributed by atoms with E-state index in [1.165, 1.54) is 0 Å². The summed E-state index contributed by atoms with van der Waals surface area (Å²) in [6, 6.07) is 2.04. The predicted octanol–water partition coefficient (Wildman–Crippen LogP) is 3.99. The van der Waals surface area contributed by atoms with Gasteiger partial charge in [0, 0.05) is 25.2 Å². The Bertz CT molecular complexity index is 730. The molecule has 2 heterocycles. The molecule has 0 saturated heterocycles. The Hall–Kier alpha value is -1.01. The lowest BCUT2D eigenvalue weighted by atomic mass is 10.1. The van der Waals surface area contributed by atoms with Crippen LogP contribution in [0.25, 0.3) is 5.69 Å². The van der Waals surface area contributed by atoms with Gasteiger partial charge in [-0.15, -0.1) is 0 Å². The van der Waals surface area contributed by atoms with Crippen LogP contribution >= 0.6 is 34.8 Å². The Morgan fingerprint density at radius 2 is 1.76 bits per heavy atom. The molecule has 1 aromatic carbocycles. The fourth-order valence-corrected chi connectivity index (χ4v) is 3.23. The molecule has 0 aliphatic carbocycles. The van der Waals surface area contributed by atoms with Crippen molar-refractivity contribution >= 4 is 40.5 Å². The molecule has 3 nitrogen and oxygen atoms in total. The molecular formula is C13H10Cl3F2N3. The number of nitrogens with two attached hydrogens (primary N) is 1. The summed E-state index contributed by atoms with van der Waals surface area (Å²) < 4.78 is 29.0. The number of benzene rings is 1. The molecule has 2 N–H and O–H groups in total. The van der Waals surface area contributed by atoms with Crippen molar-refractivity contribution in [3.63, 3.8) is 0 Å². The Labute approximate surface area is 134 Å².